The van der Waals surface area contributed by atoms with Crippen molar-refractivity contribution in [2.45, 2.75) is 29.1 Å². The minimum absolute atomic E-state index is 0.241. The normalized spacial score (nSPS) is 14.0. The molecule has 0 N–H and O–H groups in total. The predicted molar refractivity (Wildman–Crippen MR) is 185 cm³/mol. The Bertz CT molecular complexity index is 2310. The van der Waals surface area contributed by atoms with Crippen LogP contribution < -0.4 is 14.4 Å². The van der Waals surface area contributed by atoms with Crippen LogP contribution in [-0.4, -0.2) is 0 Å². The first-order chi connectivity index (χ1) is 22.0. The molecule has 0 saturated carbocycles. The largest absolute Gasteiger partial charge is 0.455 e. The predicted octanol–water partition coefficient (Wildman–Crippen LogP) is 12.2. The van der Waals surface area contributed by atoms with Gasteiger partial charge < -0.3 is 14.4 Å². The van der Waals surface area contributed by atoms with Crippen molar-refractivity contribution in [2.75, 3.05) is 4.90 Å². The topological polar surface area (TPSA) is 21.7 Å². The number of anilines is 3. The minimum Gasteiger partial charge on any atom is -0.455 e. The molecular formula is C41H29NO2S. The molecule has 0 spiro atoms. The summed E-state index contributed by atoms with van der Waals surface area (Å²) < 4.78 is 13.5. The Balaban J connectivity index is 1.30. The molecule has 0 bridgehead atoms. The second-order valence-electron chi connectivity index (χ2n) is 12.2. The summed E-state index contributed by atoms with van der Waals surface area (Å²) in [6.45, 7) is 4.56. The van der Waals surface area contributed by atoms with Crippen LogP contribution in [-0.2, 0) is 5.41 Å². The Kier molecular flexibility index (Phi) is 5.78. The van der Waals surface area contributed by atoms with Crippen molar-refractivity contribution in [1.29, 1.82) is 0 Å². The maximum Gasteiger partial charge on any atom is 0.165 e. The van der Waals surface area contributed by atoms with E-state index in [1.807, 2.05) is 18.2 Å². The first-order valence-electron chi connectivity index (χ1n) is 15.3. The molecule has 0 radical (unpaired) electrons. The van der Waals surface area contributed by atoms with E-state index in [4.69, 9.17) is 9.47 Å². The van der Waals surface area contributed by atoms with Crippen LogP contribution in [0.5, 0.6) is 23.0 Å². The van der Waals surface area contributed by atoms with Gasteiger partial charge in [0.25, 0.3) is 0 Å². The minimum atomic E-state index is -0.241. The van der Waals surface area contributed by atoms with E-state index in [1.54, 1.807) is 11.8 Å². The van der Waals surface area contributed by atoms with Crippen LogP contribution in [0.1, 0.15) is 25.0 Å². The van der Waals surface area contributed by atoms with Gasteiger partial charge in [-0.2, -0.15) is 0 Å². The number of para-hydroxylation sites is 4. The van der Waals surface area contributed by atoms with E-state index in [0.29, 0.717) is 0 Å². The first kappa shape index (κ1) is 26.2. The first-order valence-corrected chi connectivity index (χ1v) is 16.1. The highest BCUT2D eigenvalue weighted by atomic mass is 32.2. The molecule has 0 aromatic heterocycles. The molecule has 2 aliphatic heterocycles. The second kappa shape index (κ2) is 9.91. The van der Waals surface area contributed by atoms with Gasteiger partial charge in [0.15, 0.2) is 11.5 Å². The Morgan fingerprint density at radius 2 is 1.09 bits per heavy atom. The third-order valence-electron chi connectivity index (χ3n) is 9.11. The summed E-state index contributed by atoms with van der Waals surface area (Å²) in [5.41, 5.74) is 5.06. The Morgan fingerprint density at radius 3 is 1.93 bits per heavy atom. The molecule has 2 heterocycles. The average molecular weight is 600 g/mol. The van der Waals surface area contributed by atoms with E-state index < -0.39 is 0 Å². The number of ether oxygens (including phenoxy) is 2. The van der Waals surface area contributed by atoms with Crippen LogP contribution >= 0.6 is 11.8 Å². The molecule has 0 saturated heterocycles. The third kappa shape index (κ3) is 4.13. The highest BCUT2D eigenvalue weighted by Gasteiger charge is 2.37. The number of nitrogens with zero attached hydrogens (tertiary/aromatic N) is 1. The molecule has 3 nitrogen and oxygen atoms in total. The third-order valence-corrected chi connectivity index (χ3v) is 10.2. The van der Waals surface area contributed by atoms with E-state index in [0.717, 1.165) is 55.4 Å². The van der Waals surface area contributed by atoms with Crippen LogP contribution in [0, 0.1) is 0 Å². The van der Waals surface area contributed by atoms with Crippen LogP contribution in [0.2, 0.25) is 0 Å². The number of hydrogen-bond acceptors (Lipinski definition) is 4. The van der Waals surface area contributed by atoms with E-state index in [-0.39, 0.29) is 5.41 Å². The molecule has 9 rings (SSSR count). The van der Waals surface area contributed by atoms with Crippen LogP contribution in [0.4, 0.5) is 17.1 Å². The van der Waals surface area contributed by atoms with Gasteiger partial charge in [0.2, 0.25) is 0 Å². The van der Waals surface area contributed by atoms with E-state index in [9.17, 15) is 0 Å². The Morgan fingerprint density at radius 1 is 0.489 bits per heavy atom. The van der Waals surface area contributed by atoms with Crippen molar-refractivity contribution in [3.63, 3.8) is 0 Å². The van der Waals surface area contributed by atoms with Crippen LogP contribution in [0.25, 0.3) is 21.5 Å². The van der Waals surface area contributed by atoms with Crippen molar-refractivity contribution >= 4 is 50.4 Å². The van der Waals surface area contributed by atoms with Crippen molar-refractivity contribution in [3.8, 4) is 23.0 Å². The van der Waals surface area contributed by atoms with Gasteiger partial charge in [-0.15, -0.1) is 0 Å². The lowest BCUT2D eigenvalue weighted by atomic mass is 9.75. The highest BCUT2D eigenvalue weighted by molar-refractivity contribution is 7.99. The van der Waals surface area contributed by atoms with Crippen LogP contribution in [0.15, 0.2) is 149 Å². The number of hydrogen-bond donors (Lipinski definition) is 0. The number of benzene rings is 7. The van der Waals surface area contributed by atoms with Gasteiger partial charge in [0.05, 0.1) is 21.2 Å². The lowest BCUT2D eigenvalue weighted by molar-refractivity contribution is 0.419. The maximum absolute atomic E-state index is 6.83. The summed E-state index contributed by atoms with van der Waals surface area (Å²) in [5, 5.41) is 4.84. The monoisotopic (exact) mass is 599 g/mol. The molecule has 7 aromatic carbocycles. The summed E-state index contributed by atoms with van der Waals surface area (Å²) >= 11 is 1.74. The van der Waals surface area contributed by atoms with Gasteiger partial charge in [0, 0.05) is 22.2 Å². The standard InChI is InChI=1S/C41H29NO2S/c1-41(2)31-13-5-6-17-35(31)43-39-32(41)14-9-15-33(39)42(30-22-21-28-23-26-11-3-4-12-27(26)24-29(28)25-30)34-16-10-20-38-40(34)44-36-18-7-8-19-37(36)45-38/h3-25H,1-2H3. The molecule has 0 atom stereocenters. The van der Waals surface area contributed by atoms with Gasteiger partial charge in [-0.05, 0) is 82.2 Å². The fraction of sp³-hybridized carbons (Fsp3) is 0.0732. The van der Waals surface area contributed by atoms with Crippen LogP contribution in [0.3, 0.4) is 0 Å². The van der Waals surface area contributed by atoms with Crippen molar-refractivity contribution in [2.24, 2.45) is 0 Å². The number of fused-ring (bicyclic) bond motifs is 6. The zero-order valence-corrected chi connectivity index (χ0v) is 25.8. The lowest BCUT2D eigenvalue weighted by Crippen LogP contribution is -2.25. The molecule has 2 aliphatic rings. The summed E-state index contributed by atoms with van der Waals surface area (Å²) in [7, 11) is 0. The zero-order chi connectivity index (χ0) is 30.1. The maximum atomic E-state index is 6.83. The van der Waals surface area contributed by atoms with Crippen molar-refractivity contribution in [3.05, 3.63) is 151 Å². The lowest BCUT2D eigenvalue weighted by Gasteiger charge is -2.38. The molecule has 0 aliphatic carbocycles. The molecule has 0 unspecified atom stereocenters. The summed E-state index contributed by atoms with van der Waals surface area (Å²) in [5.74, 6) is 3.46. The van der Waals surface area contributed by atoms with Gasteiger partial charge in [-0.3, -0.25) is 0 Å². The Hall–Kier alpha value is -5.19. The fourth-order valence-corrected chi connectivity index (χ4v) is 7.79. The summed E-state index contributed by atoms with van der Waals surface area (Å²) in [4.78, 5) is 4.51. The van der Waals surface area contributed by atoms with E-state index >= 15 is 0 Å². The smallest absolute Gasteiger partial charge is 0.165 e. The van der Waals surface area contributed by atoms with Gasteiger partial charge in [-0.1, -0.05) is 104 Å². The summed E-state index contributed by atoms with van der Waals surface area (Å²) in [6, 6.07) is 49.4. The van der Waals surface area contributed by atoms with Gasteiger partial charge in [-0.25, -0.2) is 0 Å². The van der Waals surface area contributed by atoms with Crippen molar-refractivity contribution in [1.82, 2.24) is 0 Å². The molecule has 7 aromatic rings. The molecule has 216 valence electrons. The SMILES string of the molecule is CC1(C)c2ccccc2Oc2c(N(c3ccc4cc5ccccc5cc4c3)c3cccc4c3Oc3ccccc3S4)cccc21. The Labute approximate surface area is 266 Å². The second-order valence-corrected chi connectivity index (χ2v) is 13.3. The molecule has 4 heteroatoms. The van der Waals surface area contributed by atoms with E-state index in [1.165, 1.54) is 27.1 Å². The van der Waals surface area contributed by atoms with Crippen molar-refractivity contribution < 1.29 is 9.47 Å². The van der Waals surface area contributed by atoms with Gasteiger partial charge in [0.1, 0.15) is 11.5 Å². The molecule has 0 fully saturated rings. The molecule has 0 amide bonds. The number of rotatable bonds is 3. The zero-order valence-electron chi connectivity index (χ0n) is 25.0. The molecule has 45 heavy (non-hydrogen) atoms. The molecular weight excluding hydrogens is 571 g/mol. The highest BCUT2D eigenvalue weighted by Crippen LogP contribution is 2.57. The van der Waals surface area contributed by atoms with E-state index in [2.05, 4.69) is 140 Å². The summed E-state index contributed by atoms with van der Waals surface area (Å²) in [6.07, 6.45) is 0. The average Bonchev–Trinajstić information content (AvgIpc) is 3.07. The fourth-order valence-electron chi connectivity index (χ4n) is 6.81. The van der Waals surface area contributed by atoms with Gasteiger partial charge >= 0.3 is 0 Å². The quantitative estimate of drug-likeness (QED) is 0.188.